The SMILES string of the molecule is CN1C(=S)Nc2ccccc2C(=O)N(CCc2ccccc2)C(C)(C(=O)NC(C)(C)C)c2ccccc21. The van der Waals surface area contributed by atoms with Crippen molar-refractivity contribution in [2.24, 2.45) is 0 Å². The van der Waals surface area contributed by atoms with Crippen LogP contribution in [-0.4, -0.2) is 41.0 Å². The number of carbonyl (C=O) groups is 2. The second-order valence-electron chi connectivity index (χ2n) is 10.5. The van der Waals surface area contributed by atoms with E-state index in [-0.39, 0.29) is 11.8 Å². The molecular weight excluding hydrogens is 480 g/mol. The predicted octanol–water partition coefficient (Wildman–Crippen LogP) is 5.35. The topological polar surface area (TPSA) is 64.7 Å². The van der Waals surface area contributed by atoms with Gasteiger partial charge >= 0.3 is 0 Å². The molecule has 0 aliphatic carbocycles. The Morgan fingerprint density at radius 1 is 0.973 bits per heavy atom. The molecule has 37 heavy (non-hydrogen) atoms. The lowest BCUT2D eigenvalue weighted by Crippen LogP contribution is -2.60. The Morgan fingerprint density at radius 2 is 1.59 bits per heavy atom. The maximum atomic E-state index is 14.4. The van der Waals surface area contributed by atoms with Crippen LogP contribution in [0.5, 0.6) is 0 Å². The summed E-state index contributed by atoms with van der Waals surface area (Å²) in [7, 11) is 1.87. The minimum absolute atomic E-state index is 0.243. The Balaban J connectivity index is 1.97. The van der Waals surface area contributed by atoms with E-state index < -0.39 is 11.1 Å². The first-order valence-corrected chi connectivity index (χ1v) is 12.8. The zero-order chi connectivity index (χ0) is 26.8. The van der Waals surface area contributed by atoms with Crippen LogP contribution in [0.4, 0.5) is 11.4 Å². The summed E-state index contributed by atoms with van der Waals surface area (Å²) in [5.41, 5.74) is 1.77. The van der Waals surface area contributed by atoms with Crippen LogP contribution in [0.2, 0.25) is 0 Å². The standard InChI is InChI=1S/C30H34N4O2S/c1-29(2,3)32-27(36)30(4)23-16-10-12-18-25(23)33(5)28(37)31-24-17-11-9-15-22(24)26(35)34(30)20-19-21-13-7-6-8-14-21/h6-18H,19-20H2,1-5H3,(H,31,37)(H,32,36). The zero-order valence-electron chi connectivity index (χ0n) is 22.0. The van der Waals surface area contributed by atoms with Crippen molar-refractivity contribution in [3.8, 4) is 0 Å². The van der Waals surface area contributed by atoms with Gasteiger partial charge in [0.2, 0.25) is 0 Å². The van der Waals surface area contributed by atoms with Gasteiger partial charge in [0.15, 0.2) is 5.11 Å². The number of nitrogens with one attached hydrogen (secondary N) is 2. The Kier molecular flexibility index (Phi) is 7.37. The second kappa shape index (κ2) is 10.3. The maximum absolute atomic E-state index is 14.4. The molecule has 1 heterocycles. The Hall–Kier alpha value is -3.71. The van der Waals surface area contributed by atoms with Crippen molar-refractivity contribution >= 4 is 40.5 Å². The molecule has 0 radical (unpaired) electrons. The molecule has 3 aromatic rings. The third kappa shape index (κ3) is 5.37. The van der Waals surface area contributed by atoms with E-state index in [2.05, 4.69) is 10.6 Å². The molecule has 192 valence electrons. The van der Waals surface area contributed by atoms with Crippen LogP contribution < -0.4 is 15.5 Å². The molecule has 4 rings (SSSR count). The average molecular weight is 515 g/mol. The molecule has 7 heteroatoms. The summed E-state index contributed by atoms with van der Waals surface area (Å²) < 4.78 is 0. The van der Waals surface area contributed by atoms with Crippen molar-refractivity contribution in [1.82, 2.24) is 10.2 Å². The summed E-state index contributed by atoms with van der Waals surface area (Å²) in [4.78, 5) is 32.2. The number of benzene rings is 3. The van der Waals surface area contributed by atoms with Gasteiger partial charge in [-0.05, 0) is 70.1 Å². The lowest BCUT2D eigenvalue weighted by molar-refractivity contribution is -0.133. The molecule has 2 N–H and O–H groups in total. The van der Waals surface area contributed by atoms with Crippen molar-refractivity contribution < 1.29 is 9.59 Å². The largest absolute Gasteiger partial charge is 0.349 e. The number of hydrogen-bond donors (Lipinski definition) is 2. The highest BCUT2D eigenvalue weighted by atomic mass is 32.1. The van der Waals surface area contributed by atoms with E-state index in [1.54, 1.807) is 11.0 Å². The van der Waals surface area contributed by atoms with Crippen LogP contribution in [0.15, 0.2) is 78.9 Å². The van der Waals surface area contributed by atoms with E-state index >= 15 is 0 Å². The summed E-state index contributed by atoms with van der Waals surface area (Å²) in [5, 5.41) is 6.84. The molecule has 6 nitrogen and oxygen atoms in total. The quantitative estimate of drug-likeness (QED) is 0.460. The number of carbonyl (C=O) groups excluding carboxylic acids is 2. The van der Waals surface area contributed by atoms with Gasteiger partial charge < -0.3 is 20.4 Å². The summed E-state index contributed by atoms with van der Waals surface area (Å²) in [6.45, 7) is 8.00. The molecule has 0 saturated carbocycles. The fraction of sp³-hybridized carbons (Fsp3) is 0.300. The summed E-state index contributed by atoms with van der Waals surface area (Å²) in [5.74, 6) is -0.494. The molecule has 1 aliphatic heterocycles. The van der Waals surface area contributed by atoms with Gasteiger partial charge in [0, 0.05) is 30.4 Å². The summed E-state index contributed by atoms with van der Waals surface area (Å²) >= 11 is 5.73. The molecule has 1 atom stereocenters. The molecule has 0 fully saturated rings. The molecule has 3 aromatic carbocycles. The number of nitrogens with zero attached hydrogens (tertiary/aromatic N) is 2. The van der Waals surface area contributed by atoms with Crippen molar-refractivity contribution in [2.45, 2.75) is 45.2 Å². The number of amides is 2. The third-order valence-electron chi connectivity index (χ3n) is 6.68. The van der Waals surface area contributed by atoms with Crippen molar-refractivity contribution in [3.05, 3.63) is 95.6 Å². The lowest BCUT2D eigenvalue weighted by Gasteiger charge is -2.44. The van der Waals surface area contributed by atoms with Crippen molar-refractivity contribution in [1.29, 1.82) is 0 Å². The molecule has 1 unspecified atom stereocenters. The number of fused-ring (bicyclic) bond motifs is 2. The second-order valence-corrected chi connectivity index (χ2v) is 10.9. The van der Waals surface area contributed by atoms with Gasteiger partial charge in [-0.3, -0.25) is 9.59 Å². The van der Waals surface area contributed by atoms with Gasteiger partial charge in [-0.1, -0.05) is 60.7 Å². The highest BCUT2D eigenvalue weighted by molar-refractivity contribution is 7.80. The number of hydrogen-bond acceptors (Lipinski definition) is 3. The van der Waals surface area contributed by atoms with E-state index in [9.17, 15) is 9.59 Å². The van der Waals surface area contributed by atoms with Gasteiger partial charge in [-0.15, -0.1) is 0 Å². The van der Waals surface area contributed by atoms with E-state index in [1.807, 2.05) is 112 Å². The van der Waals surface area contributed by atoms with E-state index in [1.165, 1.54) is 0 Å². The number of para-hydroxylation sites is 2. The van der Waals surface area contributed by atoms with Gasteiger partial charge in [0.05, 0.1) is 11.3 Å². The number of anilines is 2. The van der Waals surface area contributed by atoms with E-state index in [4.69, 9.17) is 12.2 Å². The fourth-order valence-corrected chi connectivity index (χ4v) is 4.88. The van der Waals surface area contributed by atoms with E-state index in [0.717, 1.165) is 11.3 Å². The minimum Gasteiger partial charge on any atom is -0.349 e. The molecule has 0 saturated heterocycles. The van der Waals surface area contributed by atoms with E-state index in [0.29, 0.717) is 34.9 Å². The Morgan fingerprint density at radius 3 is 2.30 bits per heavy atom. The first-order chi connectivity index (χ1) is 17.5. The Bertz CT molecular complexity index is 1320. The first-order valence-electron chi connectivity index (χ1n) is 12.4. The van der Waals surface area contributed by atoms with Crippen LogP contribution >= 0.6 is 12.2 Å². The highest BCUT2D eigenvalue weighted by Crippen LogP contribution is 2.39. The van der Waals surface area contributed by atoms with Crippen LogP contribution in [0.25, 0.3) is 0 Å². The molecule has 0 bridgehead atoms. The zero-order valence-corrected chi connectivity index (χ0v) is 22.9. The van der Waals surface area contributed by atoms with Gasteiger partial charge in [-0.25, -0.2) is 0 Å². The first kappa shape index (κ1) is 26.4. The van der Waals surface area contributed by atoms with Gasteiger partial charge in [-0.2, -0.15) is 0 Å². The average Bonchev–Trinajstić information content (AvgIpc) is 2.87. The summed E-state index contributed by atoms with van der Waals surface area (Å²) in [6, 6.07) is 25.0. The van der Waals surface area contributed by atoms with Crippen LogP contribution in [0.1, 0.15) is 49.2 Å². The van der Waals surface area contributed by atoms with Crippen molar-refractivity contribution in [2.75, 3.05) is 23.8 Å². The highest BCUT2D eigenvalue weighted by Gasteiger charge is 2.47. The smallest absolute Gasteiger partial charge is 0.257 e. The predicted molar refractivity (Wildman–Crippen MR) is 154 cm³/mol. The summed E-state index contributed by atoms with van der Waals surface area (Å²) in [6.07, 6.45) is 0.594. The monoisotopic (exact) mass is 514 g/mol. The Labute approximate surface area is 224 Å². The molecule has 1 aliphatic rings. The third-order valence-corrected chi connectivity index (χ3v) is 7.05. The minimum atomic E-state index is -1.33. The number of thiocarbonyl (C=S) groups is 1. The molecule has 2 amide bonds. The maximum Gasteiger partial charge on any atom is 0.257 e. The molecular formula is C30H34N4O2S. The normalized spacial score (nSPS) is 18.0. The fourth-order valence-electron chi connectivity index (χ4n) is 4.68. The van der Waals surface area contributed by atoms with Crippen LogP contribution in [0, 0.1) is 0 Å². The molecule has 0 aromatic heterocycles. The van der Waals surface area contributed by atoms with Crippen LogP contribution in [-0.2, 0) is 16.8 Å². The van der Waals surface area contributed by atoms with Crippen molar-refractivity contribution in [3.63, 3.8) is 0 Å². The lowest BCUT2D eigenvalue weighted by atomic mass is 9.85. The van der Waals surface area contributed by atoms with Gasteiger partial charge in [0.25, 0.3) is 11.8 Å². The van der Waals surface area contributed by atoms with Gasteiger partial charge in [0.1, 0.15) is 5.54 Å². The molecule has 0 spiro atoms. The number of rotatable bonds is 4. The van der Waals surface area contributed by atoms with Crippen LogP contribution in [0.3, 0.4) is 0 Å².